The van der Waals surface area contributed by atoms with Crippen molar-refractivity contribution < 1.29 is 29.0 Å². The number of Topliss-reactive ketones (excluding diaryl/α,β-unsaturated/α-hetero) is 2. The lowest BCUT2D eigenvalue weighted by molar-refractivity contribution is -0.146. The molecule has 38 heavy (non-hydrogen) atoms. The number of primary amides is 1. The van der Waals surface area contributed by atoms with Gasteiger partial charge >= 0.3 is 0 Å². The summed E-state index contributed by atoms with van der Waals surface area (Å²) in [6, 6.07) is 0.843. The minimum absolute atomic E-state index is 0.0575. The molecule has 0 unspecified atom stereocenters. The second-order valence-corrected chi connectivity index (χ2v) is 17.2. The fourth-order valence-electron chi connectivity index (χ4n) is 6.04. The maximum atomic E-state index is 14.2. The zero-order valence-electron chi connectivity index (χ0n) is 23.2. The van der Waals surface area contributed by atoms with Crippen molar-refractivity contribution in [2.24, 2.45) is 17.6 Å². The molecule has 11 heteroatoms. The number of allylic oxidation sites excluding steroid dienone is 1. The summed E-state index contributed by atoms with van der Waals surface area (Å²) in [5.74, 6) is -5.22. The van der Waals surface area contributed by atoms with Crippen LogP contribution in [0.15, 0.2) is 33.5 Å². The van der Waals surface area contributed by atoms with E-state index in [1.807, 2.05) is 33.9 Å². The van der Waals surface area contributed by atoms with E-state index >= 15 is 0 Å². The Morgan fingerprint density at radius 1 is 1.21 bits per heavy atom. The molecule has 3 aliphatic rings. The quantitative estimate of drug-likeness (QED) is 0.332. The Morgan fingerprint density at radius 3 is 2.34 bits per heavy atom. The second kappa shape index (κ2) is 8.75. The van der Waals surface area contributed by atoms with Gasteiger partial charge in [0.15, 0.2) is 19.7 Å². The molecule has 0 saturated carbocycles. The second-order valence-electron chi connectivity index (χ2n) is 12.5. The Labute approximate surface area is 222 Å². The third-order valence-electron chi connectivity index (χ3n) is 8.77. The maximum Gasteiger partial charge on any atom is 0.259 e. The lowest BCUT2D eigenvalue weighted by Crippen LogP contribution is -2.68. The number of nitrogens with one attached hydrogen (secondary N) is 1. The molecule has 3 aliphatic carbocycles. The molecular formula is C27H37N3O7Si. The number of aryl methyl sites for hydroxylation is 1. The summed E-state index contributed by atoms with van der Waals surface area (Å²) in [6.07, 6.45) is 0.481. The molecule has 206 valence electrons. The summed E-state index contributed by atoms with van der Waals surface area (Å²) < 4.78 is 6.77. The van der Waals surface area contributed by atoms with Crippen LogP contribution in [0, 0.1) is 18.8 Å². The summed E-state index contributed by atoms with van der Waals surface area (Å²) in [4.78, 5) is 57.7. The minimum atomic E-state index is -2.88. The monoisotopic (exact) mass is 543 g/mol. The first-order valence-electron chi connectivity index (χ1n) is 12.7. The van der Waals surface area contributed by atoms with Gasteiger partial charge in [0.2, 0.25) is 5.78 Å². The van der Waals surface area contributed by atoms with Crippen LogP contribution in [0.4, 0.5) is 0 Å². The van der Waals surface area contributed by atoms with E-state index in [2.05, 4.69) is 4.98 Å². The fraction of sp³-hybridized carbons (Fsp3) is 0.556. The Morgan fingerprint density at radius 2 is 1.82 bits per heavy atom. The number of aliphatic hydroxyl groups is 2. The standard InChI is InChI=1S/C27H37N3O7Si/c1-12-9-13-10-14-11-15-19(30(5)6)21(32)18(24(28)35)23(34)27(15,37-38(7,8)26(2,3)4)22(33)16(14)20(31)17(13)25(36)29-12/h9,14-15,19,32-33H,10-11H2,1-8H3,(H2,28,35)(H,29,36)/t14-,15-,19-,27-/m0/s1. The number of hydrogen-bond donors (Lipinski definition) is 4. The van der Waals surface area contributed by atoms with Crippen molar-refractivity contribution in [2.45, 2.75) is 70.3 Å². The molecule has 0 bridgehead atoms. The summed E-state index contributed by atoms with van der Waals surface area (Å²) in [5.41, 5.74) is 3.28. The molecule has 1 aromatic rings. The largest absolute Gasteiger partial charge is 0.510 e. The van der Waals surface area contributed by atoms with Crippen molar-refractivity contribution in [1.82, 2.24) is 9.88 Å². The first kappa shape index (κ1) is 28.0. The van der Waals surface area contributed by atoms with Gasteiger partial charge < -0.3 is 25.4 Å². The van der Waals surface area contributed by atoms with Gasteiger partial charge in [-0.15, -0.1) is 0 Å². The van der Waals surface area contributed by atoms with E-state index in [4.69, 9.17) is 10.2 Å². The van der Waals surface area contributed by atoms with Crippen LogP contribution in [-0.2, 0) is 20.4 Å². The molecule has 0 saturated heterocycles. The molecule has 0 aliphatic heterocycles. The zero-order valence-corrected chi connectivity index (χ0v) is 24.2. The number of likely N-dealkylation sites (N-methyl/N-ethyl adjacent to an activating group) is 1. The first-order valence-corrected chi connectivity index (χ1v) is 15.6. The van der Waals surface area contributed by atoms with E-state index < -0.39 is 77.0 Å². The molecule has 0 radical (unpaired) electrons. The Hall–Kier alpha value is -3.02. The van der Waals surface area contributed by atoms with Crippen LogP contribution in [0.5, 0.6) is 0 Å². The van der Waals surface area contributed by atoms with E-state index in [1.165, 1.54) is 0 Å². The molecule has 1 heterocycles. The minimum Gasteiger partial charge on any atom is -0.510 e. The van der Waals surface area contributed by atoms with Crippen LogP contribution in [-0.4, -0.2) is 71.6 Å². The lowest BCUT2D eigenvalue weighted by atomic mass is 9.58. The maximum absolute atomic E-state index is 14.2. The molecule has 0 aromatic carbocycles. The van der Waals surface area contributed by atoms with Gasteiger partial charge in [0.05, 0.1) is 11.6 Å². The fourth-order valence-corrected chi connectivity index (χ4v) is 7.49. The van der Waals surface area contributed by atoms with E-state index in [-0.39, 0.29) is 17.6 Å². The van der Waals surface area contributed by atoms with Crippen LogP contribution in [0.25, 0.3) is 0 Å². The van der Waals surface area contributed by atoms with Gasteiger partial charge in [-0.2, -0.15) is 0 Å². The molecule has 4 atom stereocenters. The predicted molar refractivity (Wildman–Crippen MR) is 143 cm³/mol. The SMILES string of the molecule is Cc1cc2c(c(=O)[nH]1)C(=O)C1=C(O)[C@]3(O[Si](C)(C)C(C)(C)C)C(=O)C(C(N)=O)=C(O)[C@@H](N(C)C)[C@@H]3C[C@@H]1C2. The zero-order chi connectivity index (χ0) is 28.7. The van der Waals surface area contributed by atoms with E-state index in [0.29, 0.717) is 17.7 Å². The molecule has 0 spiro atoms. The first-order chi connectivity index (χ1) is 17.4. The number of fused-ring (bicyclic) bond motifs is 3. The Bertz CT molecular complexity index is 1380. The van der Waals surface area contributed by atoms with E-state index in [9.17, 15) is 29.4 Å². The highest BCUT2D eigenvalue weighted by molar-refractivity contribution is 6.74. The number of H-pyrrole nitrogens is 1. The number of aromatic nitrogens is 1. The van der Waals surface area contributed by atoms with Gasteiger partial charge in [-0.05, 0) is 69.5 Å². The average Bonchev–Trinajstić information content (AvgIpc) is 2.73. The van der Waals surface area contributed by atoms with E-state index in [0.717, 1.165) is 0 Å². The van der Waals surface area contributed by atoms with Crippen molar-refractivity contribution in [3.63, 3.8) is 0 Å². The highest BCUT2D eigenvalue weighted by Crippen LogP contribution is 2.55. The molecule has 1 amide bonds. The third-order valence-corrected chi connectivity index (χ3v) is 13.2. The molecule has 10 nitrogen and oxygen atoms in total. The average molecular weight is 544 g/mol. The highest BCUT2D eigenvalue weighted by atomic mass is 28.4. The van der Waals surface area contributed by atoms with Gasteiger partial charge in [0.25, 0.3) is 11.5 Å². The molecule has 1 aromatic heterocycles. The van der Waals surface area contributed by atoms with Gasteiger partial charge in [0.1, 0.15) is 17.1 Å². The number of aliphatic hydroxyl groups excluding tert-OH is 2. The summed E-state index contributed by atoms with van der Waals surface area (Å²) in [5, 5.41) is 22.8. The normalized spacial score (nSPS) is 27.9. The molecule has 0 fully saturated rings. The van der Waals surface area contributed by atoms with Crippen molar-refractivity contribution >= 4 is 25.8 Å². The van der Waals surface area contributed by atoms with Gasteiger partial charge in [-0.3, -0.25) is 24.1 Å². The number of carbonyl (C=O) groups is 3. The van der Waals surface area contributed by atoms with Crippen LogP contribution in [0.1, 0.15) is 48.8 Å². The number of pyridine rings is 1. The van der Waals surface area contributed by atoms with Crippen LogP contribution in [0.3, 0.4) is 0 Å². The predicted octanol–water partition coefficient (Wildman–Crippen LogP) is 2.44. The lowest BCUT2D eigenvalue weighted by Gasteiger charge is -2.55. The topological polar surface area (TPSA) is 163 Å². The smallest absolute Gasteiger partial charge is 0.259 e. The number of ketones is 2. The third kappa shape index (κ3) is 3.82. The summed E-state index contributed by atoms with van der Waals surface area (Å²) in [6.45, 7) is 11.4. The Kier molecular flexibility index (Phi) is 6.45. The summed E-state index contributed by atoms with van der Waals surface area (Å²) >= 11 is 0. The number of carbonyl (C=O) groups excluding carboxylic acids is 3. The highest BCUT2D eigenvalue weighted by Gasteiger charge is 2.66. The number of nitrogens with zero attached hydrogens (tertiary/aromatic N) is 1. The Balaban J connectivity index is 2.09. The number of hydrogen-bond acceptors (Lipinski definition) is 8. The van der Waals surface area contributed by atoms with Crippen molar-refractivity contribution in [1.29, 1.82) is 0 Å². The van der Waals surface area contributed by atoms with Crippen molar-refractivity contribution in [2.75, 3.05) is 14.1 Å². The number of aromatic amines is 1. The number of amides is 1. The summed E-state index contributed by atoms with van der Waals surface area (Å²) in [7, 11) is 0.493. The van der Waals surface area contributed by atoms with Gasteiger partial charge in [-0.1, -0.05) is 20.8 Å². The molecule has 4 rings (SSSR count). The van der Waals surface area contributed by atoms with Gasteiger partial charge in [0, 0.05) is 17.2 Å². The van der Waals surface area contributed by atoms with Crippen LogP contribution in [0.2, 0.25) is 18.1 Å². The molecule has 5 N–H and O–H groups in total. The van der Waals surface area contributed by atoms with Crippen molar-refractivity contribution in [3.05, 3.63) is 55.9 Å². The molecular weight excluding hydrogens is 506 g/mol. The van der Waals surface area contributed by atoms with Crippen LogP contribution >= 0.6 is 0 Å². The number of rotatable bonds is 4. The van der Waals surface area contributed by atoms with Gasteiger partial charge in [-0.25, -0.2) is 0 Å². The van der Waals surface area contributed by atoms with Crippen LogP contribution < -0.4 is 11.3 Å². The van der Waals surface area contributed by atoms with Crippen molar-refractivity contribution in [3.8, 4) is 0 Å². The number of nitrogens with two attached hydrogens (primary N) is 1. The van der Waals surface area contributed by atoms with E-state index in [1.54, 1.807) is 32.0 Å².